The second-order valence-corrected chi connectivity index (χ2v) is 13.0. The quantitative estimate of drug-likeness (QED) is 0.0411. The van der Waals surface area contributed by atoms with Crippen LogP contribution >= 0.6 is 0 Å². The molecule has 1 aliphatic rings. The zero-order chi connectivity index (χ0) is 34.5. The second-order valence-electron chi connectivity index (χ2n) is 13.0. The van der Waals surface area contributed by atoms with E-state index in [1.54, 1.807) is 6.08 Å². The van der Waals surface area contributed by atoms with E-state index >= 15 is 0 Å². The first-order valence-corrected chi connectivity index (χ1v) is 18.7. The monoisotopic (exact) mass is 668 g/mol. The van der Waals surface area contributed by atoms with Crippen LogP contribution in [-0.2, 0) is 14.3 Å². The van der Waals surface area contributed by atoms with Crippen molar-refractivity contribution >= 4 is 5.91 Å². The van der Waals surface area contributed by atoms with Crippen molar-refractivity contribution in [1.29, 1.82) is 0 Å². The summed E-state index contributed by atoms with van der Waals surface area (Å²) in [6.45, 7) is 3.66. The second kappa shape index (κ2) is 29.3. The van der Waals surface area contributed by atoms with Gasteiger partial charge in [-0.15, -0.1) is 0 Å². The molecule has 1 rings (SSSR count). The van der Waals surface area contributed by atoms with Gasteiger partial charge < -0.3 is 40.3 Å². The molecule has 47 heavy (non-hydrogen) atoms. The number of rotatable bonds is 29. The molecular weight excluding hydrogens is 598 g/mol. The van der Waals surface area contributed by atoms with Crippen LogP contribution in [-0.4, -0.2) is 87.5 Å². The van der Waals surface area contributed by atoms with E-state index < -0.39 is 49.5 Å². The standard InChI is InChI=1S/C38H69NO8/c1-3-5-7-9-11-13-15-16-17-18-20-22-24-26-28-34(42)39-31(30-46-38-37(45)36(44)35(43)33(29-40)47-38)32(41)27-25-23-21-19-14-12-10-8-6-4-2/h9,11,15-16,25,27,31-33,35-38,40-41,43-45H,3-8,10,12-14,17-24,26,28-30H2,1-2H3,(H,39,42)/b11-9-,16-15-,27-25+. The molecule has 0 aromatic rings. The maximum atomic E-state index is 12.8. The Hall–Kier alpha value is -1.59. The first-order valence-electron chi connectivity index (χ1n) is 18.7. The molecular formula is C38H69NO8. The third-order valence-corrected chi connectivity index (χ3v) is 8.71. The molecule has 0 aromatic heterocycles. The summed E-state index contributed by atoms with van der Waals surface area (Å²) in [5, 5.41) is 53.8. The first-order chi connectivity index (χ1) is 22.8. The number of carbonyl (C=O) groups is 1. The Bertz CT molecular complexity index is 833. The van der Waals surface area contributed by atoms with Gasteiger partial charge in [-0.2, -0.15) is 0 Å². The lowest BCUT2D eigenvalue weighted by Gasteiger charge is -2.40. The van der Waals surface area contributed by atoms with Crippen molar-refractivity contribution in [3.8, 4) is 0 Å². The Morgan fingerprint density at radius 2 is 1.28 bits per heavy atom. The summed E-state index contributed by atoms with van der Waals surface area (Å²) in [6.07, 6.45) is 26.1. The van der Waals surface area contributed by atoms with Gasteiger partial charge in [-0.1, -0.05) is 127 Å². The number of ether oxygens (including phenoxy) is 2. The summed E-state index contributed by atoms with van der Waals surface area (Å²) < 4.78 is 11.1. The summed E-state index contributed by atoms with van der Waals surface area (Å²) in [4.78, 5) is 12.8. The summed E-state index contributed by atoms with van der Waals surface area (Å²) in [5.74, 6) is -0.196. The Balaban J connectivity index is 2.48. The minimum atomic E-state index is -1.57. The lowest BCUT2D eigenvalue weighted by molar-refractivity contribution is -0.302. The van der Waals surface area contributed by atoms with E-state index in [0.717, 1.165) is 70.6 Å². The van der Waals surface area contributed by atoms with Crippen LogP contribution in [0, 0.1) is 0 Å². The Morgan fingerprint density at radius 3 is 1.89 bits per heavy atom. The van der Waals surface area contributed by atoms with E-state index in [1.807, 2.05) is 6.08 Å². The smallest absolute Gasteiger partial charge is 0.220 e. The molecule has 0 saturated carbocycles. The molecule has 1 saturated heterocycles. The lowest BCUT2D eigenvalue weighted by Crippen LogP contribution is -2.60. The fourth-order valence-corrected chi connectivity index (χ4v) is 5.58. The highest BCUT2D eigenvalue weighted by Gasteiger charge is 2.44. The van der Waals surface area contributed by atoms with Crippen molar-refractivity contribution in [2.75, 3.05) is 13.2 Å². The minimum Gasteiger partial charge on any atom is -0.394 e. The van der Waals surface area contributed by atoms with Gasteiger partial charge in [-0.3, -0.25) is 4.79 Å². The predicted molar refractivity (Wildman–Crippen MR) is 189 cm³/mol. The summed E-state index contributed by atoms with van der Waals surface area (Å²) in [7, 11) is 0. The Morgan fingerprint density at radius 1 is 0.723 bits per heavy atom. The van der Waals surface area contributed by atoms with E-state index in [0.29, 0.717) is 6.42 Å². The molecule has 7 unspecified atom stereocenters. The Labute approximate surface area is 285 Å². The third-order valence-electron chi connectivity index (χ3n) is 8.71. The van der Waals surface area contributed by atoms with Crippen LogP contribution in [0.3, 0.4) is 0 Å². The van der Waals surface area contributed by atoms with Gasteiger partial charge in [0.2, 0.25) is 5.91 Å². The molecule has 1 heterocycles. The van der Waals surface area contributed by atoms with Crippen molar-refractivity contribution in [2.24, 2.45) is 0 Å². The van der Waals surface area contributed by atoms with Gasteiger partial charge in [-0.05, 0) is 44.9 Å². The summed E-state index contributed by atoms with van der Waals surface area (Å²) in [5.41, 5.74) is 0. The van der Waals surface area contributed by atoms with E-state index in [2.05, 4.69) is 43.5 Å². The van der Waals surface area contributed by atoms with Gasteiger partial charge >= 0.3 is 0 Å². The highest BCUT2D eigenvalue weighted by Crippen LogP contribution is 2.22. The van der Waals surface area contributed by atoms with Crippen LogP contribution < -0.4 is 5.32 Å². The van der Waals surface area contributed by atoms with Crippen LogP contribution in [0.2, 0.25) is 0 Å². The van der Waals surface area contributed by atoms with Crippen molar-refractivity contribution in [3.05, 3.63) is 36.5 Å². The number of hydrogen-bond donors (Lipinski definition) is 6. The lowest BCUT2D eigenvalue weighted by atomic mass is 9.99. The molecule has 0 aromatic carbocycles. The van der Waals surface area contributed by atoms with Crippen LogP contribution in [0.5, 0.6) is 0 Å². The zero-order valence-corrected chi connectivity index (χ0v) is 29.5. The fourth-order valence-electron chi connectivity index (χ4n) is 5.58. The molecule has 0 aliphatic carbocycles. The molecule has 0 spiro atoms. The van der Waals surface area contributed by atoms with Crippen molar-refractivity contribution < 1.29 is 39.8 Å². The van der Waals surface area contributed by atoms with E-state index in [9.17, 15) is 30.3 Å². The van der Waals surface area contributed by atoms with Crippen LogP contribution in [0.15, 0.2) is 36.5 Å². The number of nitrogens with one attached hydrogen (secondary N) is 1. The molecule has 7 atom stereocenters. The topological polar surface area (TPSA) is 149 Å². The van der Waals surface area contributed by atoms with Crippen molar-refractivity contribution in [1.82, 2.24) is 5.32 Å². The highest BCUT2D eigenvalue weighted by atomic mass is 16.7. The summed E-state index contributed by atoms with van der Waals surface area (Å²) >= 11 is 0. The molecule has 0 bridgehead atoms. The van der Waals surface area contributed by atoms with Crippen molar-refractivity contribution in [2.45, 2.75) is 185 Å². The fraction of sp³-hybridized carbons (Fsp3) is 0.816. The molecule has 9 heteroatoms. The summed E-state index contributed by atoms with van der Waals surface area (Å²) in [6, 6.07) is -0.807. The number of allylic oxidation sites excluding steroid dienone is 5. The zero-order valence-electron chi connectivity index (χ0n) is 29.5. The molecule has 0 radical (unpaired) electrons. The highest BCUT2D eigenvalue weighted by molar-refractivity contribution is 5.76. The molecule has 1 amide bonds. The Kier molecular flexibility index (Phi) is 27.1. The number of aliphatic hydroxyl groups is 5. The number of aliphatic hydroxyl groups excluding tert-OH is 5. The number of carbonyl (C=O) groups excluding carboxylic acids is 1. The molecule has 1 fully saturated rings. The van der Waals surface area contributed by atoms with Crippen LogP contribution in [0.25, 0.3) is 0 Å². The van der Waals surface area contributed by atoms with Crippen LogP contribution in [0.4, 0.5) is 0 Å². The van der Waals surface area contributed by atoms with E-state index in [4.69, 9.17) is 9.47 Å². The van der Waals surface area contributed by atoms with Crippen LogP contribution in [0.1, 0.15) is 142 Å². The maximum absolute atomic E-state index is 12.8. The predicted octanol–water partition coefficient (Wildman–Crippen LogP) is 6.16. The molecule has 274 valence electrons. The minimum absolute atomic E-state index is 0.195. The van der Waals surface area contributed by atoms with E-state index in [1.165, 1.54) is 51.4 Å². The van der Waals surface area contributed by atoms with Gasteiger partial charge in [0.1, 0.15) is 24.4 Å². The van der Waals surface area contributed by atoms with Gasteiger partial charge in [0.05, 0.1) is 25.4 Å². The average molecular weight is 668 g/mol. The van der Waals surface area contributed by atoms with E-state index in [-0.39, 0.29) is 12.5 Å². The molecule has 1 aliphatic heterocycles. The molecule has 6 N–H and O–H groups in total. The van der Waals surface area contributed by atoms with Gasteiger partial charge in [0.15, 0.2) is 6.29 Å². The first kappa shape index (κ1) is 43.4. The largest absolute Gasteiger partial charge is 0.394 e. The van der Waals surface area contributed by atoms with Crippen molar-refractivity contribution in [3.63, 3.8) is 0 Å². The molecule has 9 nitrogen and oxygen atoms in total. The SMILES string of the molecule is CCCC/C=C\C/C=C\CCCCCCCC(=O)NC(COC1OC(CO)C(O)C(O)C1O)C(O)/C=C/CCCCCCCCCC. The number of unbranched alkanes of at least 4 members (excludes halogenated alkanes) is 15. The average Bonchev–Trinajstić information content (AvgIpc) is 3.07. The number of hydrogen-bond acceptors (Lipinski definition) is 8. The number of amides is 1. The normalized spacial score (nSPS) is 23.3. The third kappa shape index (κ3) is 21.2. The van der Waals surface area contributed by atoms with Gasteiger partial charge in [-0.25, -0.2) is 0 Å². The maximum Gasteiger partial charge on any atom is 0.220 e. The van der Waals surface area contributed by atoms with Gasteiger partial charge in [0.25, 0.3) is 0 Å². The van der Waals surface area contributed by atoms with Gasteiger partial charge in [0, 0.05) is 6.42 Å².